The molecule has 1 fully saturated rings. The summed E-state index contributed by atoms with van der Waals surface area (Å²) in [6.07, 6.45) is 3.38. The molecule has 96 valence electrons. The van der Waals surface area contributed by atoms with Crippen molar-refractivity contribution in [3.63, 3.8) is 0 Å². The van der Waals surface area contributed by atoms with E-state index >= 15 is 0 Å². The number of hydrogen-bond donors (Lipinski definition) is 2. The molecule has 18 heavy (non-hydrogen) atoms. The molecule has 2 aromatic heterocycles. The van der Waals surface area contributed by atoms with E-state index in [9.17, 15) is 4.39 Å². The Kier molecular flexibility index (Phi) is 2.66. The Balaban J connectivity index is 1.86. The van der Waals surface area contributed by atoms with Gasteiger partial charge in [-0.25, -0.2) is 8.91 Å². The number of pyridine rings is 1. The highest BCUT2D eigenvalue weighted by Gasteiger charge is 2.27. The molecular formula is C12H16FN5. The van der Waals surface area contributed by atoms with Crippen molar-refractivity contribution in [2.24, 2.45) is 0 Å². The van der Waals surface area contributed by atoms with Gasteiger partial charge in [0.05, 0.1) is 6.20 Å². The number of nitrogens with one attached hydrogen (secondary N) is 2. The summed E-state index contributed by atoms with van der Waals surface area (Å²) in [6.45, 7) is 4.15. The summed E-state index contributed by atoms with van der Waals surface area (Å²) < 4.78 is 14.5. The van der Waals surface area contributed by atoms with Gasteiger partial charge in [0.25, 0.3) is 0 Å². The summed E-state index contributed by atoms with van der Waals surface area (Å²) in [7, 11) is 0. The lowest BCUT2D eigenvalue weighted by Gasteiger charge is -2.34. The van der Waals surface area contributed by atoms with Crippen LogP contribution in [0.25, 0.3) is 5.65 Å². The molecule has 0 saturated carbocycles. The third-order valence-electron chi connectivity index (χ3n) is 3.42. The first-order valence-electron chi connectivity index (χ1n) is 6.16. The predicted molar refractivity (Wildman–Crippen MR) is 67.1 cm³/mol. The van der Waals surface area contributed by atoms with Crippen molar-refractivity contribution in [3.8, 4) is 0 Å². The fraction of sp³-hybridized carbons (Fsp3) is 0.500. The van der Waals surface area contributed by atoms with Crippen molar-refractivity contribution in [3.05, 3.63) is 24.1 Å². The Morgan fingerprint density at radius 3 is 2.94 bits per heavy atom. The average Bonchev–Trinajstić information content (AvgIpc) is 2.70. The lowest BCUT2D eigenvalue weighted by molar-refractivity contribution is 0.363. The number of anilines is 1. The summed E-state index contributed by atoms with van der Waals surface area (Å²) in [4.78, 5) is 4.35. The van der Waals surface area contributed by atoms with E-state index in [0.29, 0.717) is 11.6 Å². The number of halogens is 1. The lowest BCUT2D eigenvalue weighted by Crippen LogP contribution is -2.45. The van der Waals surface area contributed by atoms with Crippen molar-refractivity contribution in [2.75, 3.05) is 18.4 Å². The Morgan fingerprint density at radius 1 is 1.39 bits per heavy atom. The van der Waals surface area contributed by atoms with Crippen molar-refractivity contribution in [2.45, 2.75) is 25.3 Å². The second kappa shape index (κ2) is 4.20. The van der Waals surface area contributed by atoms with E-state index in [-0.39, 0.29) is 11.4 Å². The monoisotopic (exact) mass is 249 g/mol. The van der Waals surface area contributed by atoms with Crippen molar-refractivity contribution in [1.29, 1.82) is 0 Å². The minimum absolute atomic E-state index is 0.00866. The molecule has 0 aliphatic carbocycles. The largest absolute Gasteiger partial charge is 0.348 e. The SMILES string of the molecule is CC1(Nc2nc3ccc(F)cn3n2)CCNCC1. The first kappa shape index (κ1) is 11.4. The van der Waals surface area contributed by atoms with Crippen LogP contribution in [0.4, 0.5) is 10.3 Å². The van der Waals surface area contributed by atoms with E-state index in [1.54, 1.807) is 6.07 Å². The van der Waals surface area contributed by atoms with Gasteiger partial charge in [0.1, 0.15) is 5.82 Å². The Labute approximate surface area is 104 Å². The number of rotatable bonds is 2. The summed E-state index contributed by atoms with van der Waals surface area (Å²) in [6, 6.07) is 3.01. The number of aromatic nitrogens is 3. The molecule has 1 aliphatic heterocycles. The van der Waals surface area contributed by atoms with Gasteiger partial charge < -0.3 is 10.6 Å². The molecule has 2 aromatic rings. The second-order valence-electron chi connectivity index (χ2n) is 5.02. The molecule has 2 N–H and O–H groups in total. The maximum atomic E-state index is 13.1. The Bertz CT molecular complexity index is 559. The van der Waals surface area contributed by atoms with Crippen molar-refractivity contribution >= 4 is 11.6 Å². The van der Waals surface area contributed by atoms with Gasteiger partial charge in [-0.05, 0) is 45.0 Å². The lowest BCUT2D eigenvalue weighted by atomic mass is 9.91. The van der Waals surface area contributed by atoms with Crippen LogP contribution in [-0.4, -0.2) is 33.2 Å². The minimum Gasteiger partial charge on any atom is -0.348 e. The Morgan fingerprint density at radius 2 is 2.17 bits per heavy atom. The first-order chi connectivity index (χ1) is 8.65. The van der Waals surface area contributed by atoms with Crippen LogP contribution in [0.5, 0.6) is 0 Å². The average molecular weight is 249 g/mol. The second-order valence-corrected chi connectivity index (χ2v) is 5.02. The van der Waals surface area contributed by atoms with Gasteiger partial charge in [0.15, 0.2) is 5.65 Å². The van der Waals surface area contributed by atoms with Crippen molar-refractivity contribution < 1.29 is 4.39 Å². The maximum Gasteiger partial charge on any atom is 0.243 e. The van der Waals surface area contributed by atoms with Crippen LogP contribution in [0.3, 0.4) is 0 Å². The van der Waals surface area contributed by atoms with E-state index in [1.807, 2.05) is 0 Å². The van der Waals surface area contributed by atoms with E-state index in [1.165, 1.54) is 16.8 Å². The van der Waals surface area contributed by atoms with Gasteiger partial charge in [0.2, 0.25) is 5.95 Å². The van der Waals surface area contributed by atoms with Crippen molar-refractivity contribution in [1.82, 2.24) is 19.9 Å². The third kappa shape index (κ3) is 2.15. The molecule has 0 amide bonds. The zero-order valence-electron chi connectivity index (χ0n) is 10.3. The van der Waals surface area contributed by atoms with Crippen LogP contribution in [0.15, 0.2) is 18.3 Å². The summed E-state index contributed by atoms with van der Waals surface area (Å²) in [5.74, 6) is 0.247. The topological polar surface area (TPSA) is 54.2 Å². The van der Waals surface area contributed by atoms with Gasteiger partial charge in [-0.3, -0.25) is 0 Å². The van der Waals surface area contributed by atoms with Crippen LogP contribution < -0.4 is 10.6 Å². The third-order valence-corrected chi connectivity index (χ3v) is 3.42. The molecular weight excluding hydrogens is 233 g/mol. The summed E-state index contributed by atoms with van der Waals surface area (Å²) >= 11 is 0. The highest BCUT2D eigenvalue weighted by molar-refractivity contribution is 5.44. The van der Waals surface area contributed by atoms with Crippen LogP contribution >= 0.6 is 0 Å². The standard InChI is InChI=1S/C12H16FN5/c1-12(4-6-14-7-5-12)16-11-15-10-3-2-9(13)8-18(10)17-11/h2-3,8,14H,4-7H2,1H3,(H,16,17). The van der Waals surface area contributed by atoms with Gasteiger partial charge in [-0.15, -0.1) is 5.10 Å². The molecule has 0 bridgehead atoms. The molecule has 1 saturated heterocycles. The molecule has 3 heterocycles. The molecule has 5 nitrogen and oxygen atoms in total. The molecule has 0 spiro atoms. The normalized spacial score (nSPS) is 19.0. The van der Waals surface area contributed by atoms with Gasteiger partial charge in [0, 0.05) is 5.54 Å². The summed E-state index contributed by atoms with van der Waals surface area (Å²) in [5, 5.41) is 10.9. The first-order valence-corrected chi connectivity index (χ1v) is 6.16. The molecule has 0 unspecified atom stereocenters. The van der Waals surface area contributed by atoms with Crippen LogP contribution in [0.1, 0.15) is 19.8 Å². The van der Waals surface area contributed by atoms with E-state index in [4.69, 9.17) is 0 Å². The van der Waals surface area contributed by atoms with Crippen LogP contribution in [0, 0.1) is 5.82 Å². The fourth-order valence-electron chi connectivity index (χ4n) is 2.28. The summed E-state index contributed by atoms with van der Waals surface area (Å²) in [5.41, 5.74) is 0.658. The van der Waals surface area contributed by atoms with E-state index < -0.39 is 0 Å². The smallest absolute Gasteiger partial charge is 0.243 e. The number of piperidine rings is 1. The molecule has 0 radical (unpaired) electrons. The number of hydrogen-bond acceptors (Lipinski definition) is 4. The predicted octanol–water partition coefficient (Wildman–Crippen LogP) is 1.42. The van der Waals surface area contributed by atoms with Gasteiger partial charge >= 0.3 is 0 Å². The molecule has 3 rings (SSSR count). The molecule has 0 aromatic carbocycles. The molecule has 6 heteroatoms. The molecule has 1 aliphatic rings. The number of fused-ring (bicyclic) bond motifs is 1. The van der Waals surface area contributed by atoms with Crippen LogP contribution in [-0.2, 0) is 0 Å². The maximum absolute atomic E-state index is 13.1. The minimum atomic E-state index is -0.313. The fourth-order valence-corrected chi connectivity index (χ4v) is 2.28. The van der Waals surface area contributed by atoms with Crippen LogP contribution in [0.2, 0.25) is 0 Å². The molecule has 0 atom stereocenters. The number of nitrogens with zero attached hydrogens (tertiary/aromatic N) is 3. The quantitative estimate of drug-likeness (QED) is 0.845. The highest BCUT2D eigenvalue weighted by atomic mass is 19.1. The van der Waals surface area contributed by atoms with E-state index in [2.05, 4.69) is 27.6 Å². The van der Waals surface area contributed by atoms with E-state index in [0.717, 1.165) is 25.9 Å². The van der Waals surface area contributed by atoms with Gasteiger partial charge in [-0.1, -0.05) is 0 Å². The highest BCUT2D eigenvalue weighted by Crippen LogP contribution is 2.22. The zero-order chi connectivity index (χ0) is 12.6. The van der Waals surface area contributed by atoms with Gasteiger partial charge in [-0.2, -0.15) is 4.98 Å². The zero-order valence-corrected chi connectivity index (χ0v) is 10.3. The Hall–Kier alpha value is -1.69.